The lowest BCUT2D eigenvalue weighted by Gasteiger charge is -2.48. The molecule has 0 spiro atoms. The molecule has 0 unspecified atom stereocenters. The molecule has 2 heterocycles. The van der Waals surface area contributed by atoms with Gasteiger partial charge in [-0.2, -0.15) is 26.3 Å². The lowest BCUT2D eigenvalue weighted by molar-refractivity contribution is -0.143. The number of carbonyl (C=O) groups excluding carboxylic acids is 1. The third-order valence-corrected chi connectivity index (χ3v) is 6.84. The van der Waals surface area contributed by atoms with Gasteiger partial charge in [0.1, 0.15) is 0 Å². The van der Waals surface area contributed by atoms with Gasteiger partial charge in [-0.05, 0) is 55.5 Å². The molecule has 2 aromatic carbocycles. The molecule has 2 aromatic rings. The van der Waals surface area contributed by atoms with Crippen LogP contribution in [0.25, 0.3) is 0 Å². The molecule has 0 bridgehead atoms. The number of rotatable bonds is 5. The van der Waals surface area contributed by atoms with Crippen molar-refractivity contribution in [2.75, 3.05) is 6.61 Å². The molecule has 190 valence electrons. The maximum atomic E-state index is 13.3. The second-order valence-corrected chi connectivity index (χ2v) is 9.24. The maximum Gasteiger partial charge on any atom is 0.416 e. The quantitative estimate of drug-likeness (QED) is 0.516. The van der Waals surface area contributed by atoms with Crippen LogP contribution in [0.4, 0.5) is 26.3 Å². The average Bonchev–Trinajstić information content (AvgIpc) is 2.81. The zero-order valence-corrected chi connectivity index (χ0v) is 19.0. The van der Waals surface area contributed by atoms with E-state index in [0.29, 0.717) is 37.8 Å². The van der Waals surface area contributed by atoms with Crippen LogP contribution in [0.2, 0.25) is 0 Å². The Morgan fingerprint density at radius 2 is 1.60 bits per heavy atom. The second-order valence-electron chi connectivity index (χ2n) is 9.24. The van der Waals surface area contributed by atoms with Crippen LogP contribution in [0.5, 0.6) is 0 Å². The van der Waals surface area contributed by atoms with E-state index in [2.05, 4.69) is 10.6 Å². The van der Waals surface area contributed by atoms with Crippen molar-refractivity contribution in [3.05, 3.63) is 70.8 Å². The summed E-state index contributed by atoms with van der Waals surface area (Å²) in [7, 11) is 0. The minimum atomic E-state index is -4.92. The van der Waals surface area contributed by atoms with Crippen molar-refractivity contribution in [1.29, 1.82) is 0 Å². The molecule has 2 aliphatic rings. The van der Waals surface area contributed by atoms with Crippen LogP contribution < -0.4 is 10.6 Å². The van der Waals surface area contributed by atoms with E-state index in [1.54, 1.807) is 0 Å². The largest absolute Gasteiger partial charge is 0.416 e. The molecular formula is C25H26F6N2O2. The van der Waals surface area contributed by atoms with Gasteiger partial charge in [0.25, 0.3) is 0 Å². The Morgan fingerprint density at radius 1 is 0.971 bits per heavy atom. The Hall–Kier alpha value is -2.59. The van der Waals surface area contributed by atoms with Gasteiger partial charge in [-0.15, -0.1) is 0 Å². The van der Waals surface area contributed by atoms with E-state index in [-0.39, 0.29) is 36.2 Å². The Kier molecular flexibility index (Phi) is 6.89. The number of nitrogens with one attached hydrogen (secondary N) is 2. The van der Waals surface area contributed by atoms with Gasteiger partial charge in [0.2, 0.25) is 5.91 Å². The van der Waals surface area contributed by atoms with Crippen molar-refractivity contribution in [2.24, 2.45) is 0 Å². The molecule has 10 heteroatoms. The van der Waals surface area contributed by atoms with Gasteiger partial charge in [0, 0.05) is 18.5 Å². The normalized spacial score (nSPS) is 26.1. The summed E-state index contributed by atoms with van der Waals surface area (Å²) in [6, 6.07) is 10.9. The summed E-state index contributed by atoms with van der Waals surface area (Å²) in [5.41, 5.74) is -2.73. The van der Waals surface area contributed by atoms with Crippen LogP contribution in [0.1, 0.15) is 61.0 Å². The monoisotopic (exact) mass is 500 g/mol. The lowest BCUT2D eigenvalue weighted by Crippen LogP contribution is -2.64. The predicted octanol–water partition coefficient (Wildman–Crippen LogP) is 5.73. The highest BCUT2D eigenvalue weighted by Crippen LogP contribution is 2.40. The lowest BCUT2D eigenvalue weighted by atomic mass is 9.77. The number of ether oxygens (including phenoxy) is 1. The van der Waals surface area contributed by atoms with Crippen LogP contribution >= 0.6 is 0 Å². The first-order valence-corrected chi connectivity index (χ1v) is 11.4. The summed E-state index contributed by atoms with van der Waals surface area (Å²) in [6.45, 7) is 1.48. The molecule has 2 aliphatic heterocycles. The highest BCUT2D eigenvalue weighted by Gasteiger charge is 2.44. The maximum absolute atomic E-state index is 13.3. The molecule has 4 rings (SSSR count). The van der Waals surface area contributed by atoms with Crippen molar-refractivity contribution < 1.29 is 35.9 Å². The molecule has 2 fully saturated rings. The molecule has 0 aliphatic carbocycles. The summed E-state index contributed by atoms with van der Waals surface area (Å²) in [5, 5.41) is 6.57. The zero-order chi connectivity index (χ0) is 25.4. The zero-order valence-electron chi connectivity index (χ0n) is 19.0. The van der Waals surface area contributed by atoms with Crippen molar-refractivity contribution in [3.8, 4) is 0 Å². The average molecular weight is 500 g/mol. The topological polar surface area (TPSA) is 50.4 Å². The Labute approximate surface area is 199 Å². The SMILES string of the molecule is C[C@@H](OC[C@@]1(c2ccccc2)CC[C@@H]2NC(=O)CC[C@H]2N1)c1cc(C(F)(F)F)cc(C(F)(F)F)c1. The van der Waals surface area contributed by atoms with E-state index in [0.717, 1.165) is 5.56 Å². The van der Waals surface area contributed by atoms with E-state index in [1.165, 1.54) is 6.92 Å². The van der Waals surface area contributed by atoms with Crippen molar-refractivity contribution in [3.63, 3.8) is 0 Å². The first kappa shape index (κ1) is 25.5. The standard InChI is InChI=1S/C25H26F6N2O2/c1-15(16-11-18(24(26,27)28)13-19(12-16)25(29,30)31)35-14-23(17-5-3-2-4-6-17)10-9-20-21(33-23)7-8-22(34)32-20/h2-6,11-13,15,20-21,33H,7-10,14H2,1H3,(H,32,34)/t15-,20+,21-,23-/m1/s1. The summed E-state index contributed by atoms with van der Waals surface area (Å²) < 4.78 is 85.8. The number of carbonyl (C=O) groups is 1. The van der Waals surface area contributed by atoms with Crippen molar-refractivity contribution in [1.82, 2.24) is 10.6 Å². The van der Waals surface area contributed by atoms with E-state index in [4.69, 9.17) is 4.74 Å². The number of piperidine rings is 2. The molecule has 4 atom stereocenters. The smallest absolute Gasteiger partial charge is 0.372 e. The Bertz CT molecular complexity index is 1020. The van der Waals surface area contributed by atoms with Gasteiger partial charge in [-0.1, -0.05) is 30.3 Å². The minimum absolute atomic E-state index is 0.00449. The van der Waals surface area contributed by atoms with Crippen molar-refractivity contribution >= 4 is 5.91 Å². The Morgan fingerprint density at radius 3 is 2.20 bits per heavy atom. The summed E-state index contributed by atoms with van der Waals surface area (Å²) in [5.74, 6) is -0.00449. The van der Waals surface area contributed by atoms with Gasteiger partial charge in [0.05, 0.1) is 29.4 Å². The van der Waals surface area contributed by atoms with E-state index in [1.807, 2.05) is 30.3 Å². The minimum Gasteiger partial charge on any atom is -0.372 e. The molecule has 0 saturated carbocycles. The fourth-order valence-corrected chi connectivity index (χ4v) is 4.90. The van der Waals surface area contributed by atoms with Crippen LogP contribution in [-0.2, 0) is 27.4 Å². The van der Waals surface area contributed by atoms with E-state index in [9.17, 15) is 31.1 Å². The van der Waals surface area contributed by atoms with Gasteiger partial charge < -0.3 is 15.4 Å². The molecule has 2 N–H and O–H groups in total. The number of fused-ring (bicyclic) bond motifs is 1. The molecule has 35 heavy (non-hydrogen) atoms. The van der Waals surface area contributed by atoms with Crippen LogP contribution in [0.3, 0.4) is 0 Å². The predicted molar refractivity (Wildman–Crippen MR) is 116 cm³/mol. The number of hydrogen-bond acceptors (Lipinski definition) is 3. The third-order valence-electron chi connectivity index (χ3n) is 6.84. The number of alkyl halides is 6. The second kappa shape index (κ2) is 9.46. The number of hydrogen-bond donors (Lipinski definition) is 2. The first-order chi connectivity index (χ1) is 16.4. The van der Waals surface area contributed by atoms with Crippen LogP contribution in [0, 0.1) is 0 Å². The molecule has 4 nitrogen and oxygen atoms in total. The fourth-order valence-electron chi connectivity index (χ4n) is 4.90. The number of halogens is 6. The van der Waals surface area contributed by atoms with Gasteiger partial charge in [-0.25, -0.2) is 0 Å². The van der Waals surface area contributed by atoms with Gasteiger partial charge in [-0.3, -0.25) is 4.79 Å². The van der Waals surface area contributed by atoms with Gasteiger partial charge >= 0.3 is 12.4 Å². The van der Waals surface area contributed by atoms with Crippen LogP contribution in [0.15, 0.2) is 48.5 Å². The Balaban J connectivity index is 1.60. The summed E-state index contributed by atoms with van der Waals surface area (Å²) in [4.78, 5) is 11.8. The number of amides is 1. The highest BCUT2D eigenvalue weighted by molar-refractivity contribution is 5.77. The van der Waals surface area contributed by atoms with Crippen molar-refractivity contribution in [2.45, 2.75) is 68.7 Å². The van der Waals surface area contributed by atoms with E-state index >= 15 is 0 Å². The molecular weight excluding hydrogens is 474 g/mol. The molecule has 0 radical (unpaired) electrons. The molecule has 2 saturated heterocycles. The van der Waals surface area contributed by atoms with Crippen LogP contribution in [-0.4, -0.2) is 24.6 Å². The summed E-state index contributed by atoms with van der Waals surface area (Å²) in [6.07, 6.45) is -8.63. The summed E-state index contributed by atoms with van der Waals surface area (Å²) >= 11 is 0. The van der Waals surface area contributed by atoms with Gasteiger partial charge in [0.15, 0.2) is 0 Å². The highest BCUT2D eigenvalue weighted by atomic mass is 19.4. The first-order valence-electron chi connectivity index (χ1n) is 11.4. The molecule has 0 aromatic heterocycles. The number of benzene rings is 2. The third kappa shape index (κ3) is 5.64. The fraction of sp³-hybridized carbons (Fsp3) is 0.480. The molecule has 1 amide bonds. The van der Waals surface area contributed by atoms with E-state index < -0.39 is 35.1 Å².